The molecule has 8 heteroatoms. The van der Waals surface area contributed by atoms with Gasteiger partial charge in [-0.1, -0.05) is 30.3 Å². The van der Waals surface area contributed by atoms with Gasteiger partial charge in [0.15, 0.2) is 0 Å². The Balaban J connectivity index is 0.00000364. The molecule has 0 unspecified atom stereocenters. The Labute approximate surface area is 167 Å². The number of sulfonamides is 1. The number of rotatable bonds is 8. The van der Waals surface area contributed by atoms with Gasteiger partial charge in [0.2, 0.25) is 15.9 Å². The van der Waals surface area contributed by atoms with Crippen molar-refractivity contribution in [3.05, 3.63) is 60.2 Å². The number of nitrogens with zero attached hydrogens (tertiary/aromatic N) is 2. The Morgan fingerprint density at radius 1 is 0.963 bits per heavy atom. The molecule has 0 fully saturated rings. The van der Waals surface area contributed by atoms with Gasteiger partial charge >= 0.3 is 0 Å². The highest BCUT2D eigenvalue weighted by molar-refractivity contribution is 7.89. The Morgan fingerprint density at radius 2 is 1.56 bits per heavy atom. The zero-order valence-electron chi connectivity index (χ0n) is 15.8. The van der Waals surface area contributed by atoms with Crippen LogP contribution in [0.2, 0.25) is 0 Å². The van der Waals surface area contributed by atoms with E-state index in [0.29, 0.717) is 25.3 Å². The van der Waals surface area contributed by atoms with E-state index in [9.17, 15) is 13.2 Å². The van der Waals surface area contributed by atoms with Gasteiger partial charge in [0, 0.05) is 32.2 Å². The summed E-state index contributed by atoms with van der Waals surface area (Å²) in [5.74, 6) is -0.197. The van der Waals surface area contributed by atoms with E-state index < -0.39 is 10.0 Å². The highest BCUT2D eigenvalue weighted by Gasteiger charge is 2.24. The van der Waals surface area contributed by atoms with E-state index in [1.54, 1.807) is 12.1 Å². The van der Waals surface area contributed by atoms with Crippen LogP contribution < -0.4 is 5.32 Å². The molecule has 0 atom stereocenters. The Bertz CT molecular complexity index is 825. The van der Waals surface area contributed by atoms with Crippen LogP contribution in [0.3, 0.4) is 0 Å². The quantitative estimate of drug-likeness (QED) is 0.725. The Kier molecular flexibility index (Phi) is 8.92. The topological polar surface area (TPSA) is 69.7 Å². The van der Waals surface area contributed by atoms with Gasteiger partial charge in [0.25, 0.3) is 0 Å². The lowest BCUT2D eigenvalue weighted by atomic mass is 10.2. The van der Waals surface area contributed by atoms with E-state index in [0.717, 1.165) is 5.56 Å². The van der Waals surface area contributed by atoms with Crippen molar-refractivity contribution in [2.75, 3.05) is 32.5 Å². The number of carbonyl (C=O) groups is 1. The highest BCUT2D eigenvalue weighted by atomic mass is 35.5. The van der Waals surface area contributed by atoms with Crippen LogP contribution in [0.4, 0.5) is 5.69 Å². The maximum absolute atomic E-state index is 13.1. The number of likely N-dealkylation sites (N-methyl/N-ethyl adjacent to an activating group) is 1. The number of carbonyl (C=O) groups excluding carboxylic acids is 1. The predicted octanol–water partition coefficient (Wildman–Crippen LogP) is 2.82. The van der Waals surface area contributed by atoms with E-state index in [-0.39, 0.29) is 23.2 Å². The average Bonchev–Trinajstić information content (AvgIpc) is 2.59. The summed E-state index contributed by atoms with van der Waals surface area (Å²) in [6.07, 6.45) is 0. The number of benzene rings is 2. The van der Waals surface area contributed by atoms with Gasteiger partial charge in [-0.3, -0.25) is 4.79 Å². The summed E-state index contributed by atoms with van der Waals surface area (Å²) in [6, 6.07) is 15.8. The molecule has 0 heterocycles. The lowest BCUT2D eigenvalue weighted by Crippen LogP contribution is -2.36. The minimum Gasteiger partial charge on any atom is -0.326 e. The van der Waals surface area contributed by atoms with Gasteiger partial charge in [-0.2, -0.15) is 4.31 Å². The standard InChI is InChI=1S/C19H25N3O3S.ClH/c1-16(23)20-18-9-11-19(12-10-18)26(24,25)22(14-13-21(2)3)15-17-7-5-4-6-8-17;/h4-12H,13-15H2,1-3H3,(H,20,23);1H. The highest BCUT2D eigenvalue weighted by Crippen LogP contribution is 2.20. The lowest BCUT2D eigenvalue weighted by Gasteiger charge is -2.24. The lowest BCUT2D eigenvalue weighted by molar-refractivity contribution is -0.114. The third kappa shape index (κ3) is 6.95. The minimum absolute atomic E-state index is 0. The summed E-state index contributed by atoms with van der Waals surface area (Å²) >= 11 is 0. The van der Waals surface area contributed by atoms with Crippen molar-refractivity contribution >= 4 is 34.0 Å². The van der Waals surface area contributed by atoms with Gasteiger partial charge < -0.3 is 10.2 Å². The SMILES string of the molecule is CC(=O)Nc1ccc(S(=O)(=O)N(CCN(C)C)Cc2ccccc2)cc1.Cl. The van der Waals surface area contributed by atoms with E-state index in [1.165, 1.54) is 23.4 Å². The summed E-state index contributed by atoms with van der Waals surface area (Å²) in [4.78, 5) is 13.3. The fourth-order valence-corrected chi connectivity index (χ4v) is 3.86. The summed E-state index contributed by atoms with van der Waals surface area (Å²) in [5, 5.41) is 2.64. The number of hydrogen-bond acceptors (Lipinski definition) is 4. The van der Waals surface area contributed by atoms with Crippen LogP contribution >= 0.6 is 12.4 Å². The molecule has 2 rings (SSSR count). The normalized spacial score (nSPS) is 11.3. The monoisotopic (exact) mass is 411 g/mol. The number of nitrogens with one attached hydrogen (secondary N) is 1. The Hall–Kier alpha value is -1.93. The molecule has 1 N–H and O–H groups in total. The molecular formula is C19H26ClN3O3S. The molecule has 27 heavy (non-hydrogen) atoms. The third-order valence-electron chi connectivity index (χ3n) is 3.81. The van der Waals surface area contributed by atoms with Crippen LogP contribution in [0.15, 0.2) is 59.5 Å². The zero-order valence-corrected chi connectivity index (χ0v) is 17.4. The molecule has 0 aliphatic heterocycles. The van der Waals surface area contributed by atoms with Crippen molar-refractivity contribution in [2.45, 2.75) is 18.4 Å². The average molecular weight is 412 g/mol. The minimum atomic E-state index is -3.65. The summed E-state index contributed by atoms with van der Waals surface area (Å²) < 4.78 is 27.7. The van der Waals surface area contributed by atoms with Gasteiger partial charge in [-0.25, -0.2) is 8.42 Å². The molecule has 0 spiro atoms. The second-order valence-corrected chi connectivity index (χ2v) is 8.27. The second-order valence-electron chi connectivity index (χ2n) is 6.33. The van der Waals surface area contributed by atoms with Crippen molar-refractivity contribution in [1.29, 1.82) is 0 Å². The maximum Gasteiger partial charge on any atom is 0.243 e. The smallest absolute Gasteiger partial charge is 0.243 e. The fraction of sp³-hybridized carbons (Fsp3) is 0.316. The third-order valence-corrected chi connectivity index (χ3v) is 5.67. The van der Waals surface area contributed by atoms with Gasteiger partial charge in [0.1, 0.15) is 0 Å². The van der Waals surface area contributed by atoms with Crippen molar-refractivity contribution in [3.8, 4) is 0 Å². The molecule has 0 bridgehead atoms. The van der Waals surface area contributed by atoms with Crippen molar-refractivity contribution in [2.24, 2.45) is 0 Å². The van der Waals surface area contributed by atoms with Gasteiger partial charge in [-0.05, 0) is 43.9 Å². The number of hydrogen-bond donors (Lipinski definition) is 1. The zero-order chi connectivity index (χ0) is 19.2. The summed E-state index contributed by atoms with van der Waals surface area (Å²) in [6.45, 7) is 2.73. The van der Waals surface area contributed by atoms with Crippen LogP contribution in [0.5, 0.6) is 0 Å². The van der Waals surface area contributed by atoms with Crippen LogP contribution in [0, 0.1) is 0 Å². The first kappa shape index (κ1) is 23.1. The molecule has 2 aromatic rings. The van der Waals surface area contributed by atoms with E-state index in [4.69, 9.17) is 0 Å². The summed E-state index contributed by atoms with van der Waals surface area (Å²) in [5.41, 5.74) is 1.50. The van der Waals surface area contributed by atoms with Crippen molar-refractivity contribution in [3.63, 3.8) is 0 Å². The van der Waals surface area contributed by atoms with Crippen molar-refractivity contribution in [1.82, 2.24) is 9.21 Å². The molecule has 148 valence electrons. The molecule has 2 aromatic carbocycles. The second kappa shape index (κ2) is 10.4. The maximum atomic E-state index is 13.1. The van der Waals surface area contributed by atoms with E-state index >= 15 is 0 Å². The number of amides is 1. The molecule has 0 aromatic heterocycles. The van der Waals surface area contributed by atoms with E-state index in [1.807, 2.05) is 49.3 Å². The van der Waals surface area contributed by atoms with E-state index in [2.05, 4.69) is 5.32 Å². The molecular weight excluding hydrogens is 386 g/mol. The first-order valence-corrected chi connectivity index (χ1v) is 9.79. The molecule has 6 nitrogen and oxygen atoms in total. The molecule has 0 saturated heterocycles. The largest absolute Gasteiger partial charge is 0.326 e. The number of anilines is 1. The van der Waals surface area contributed by atoms with Crippen LogP contribution in [-0.2, 0) is 21.4 Å². The van der Waals surface area contributed by atoms with Crippen LogP contribution in [-0.4, -0.2) is 50.7 Å². The molecule has 0 aliphatic carbocycles. The molecule has 1 amide bonds. The Morgan fingerprint density at radius 3 is 2.07 bits per heavy atom. The van der Waals surface area contributed by atoms with Gasteiger partial charge in [0.05, 0.1) is 4.90 Å². The summed E-state index contributed by atoms with van der Waals surface area (Å²) in [7, 11) is 0.178. The van der Waals surface area contributed by atoms with Crippen molar-refractivity contribution < 1.29 is 13.2 Å². The first-order valence-electron chi connectivity index (χ1n) is 8.35. The predicted molar refractivity (Wildman–Crippen MR) is 111 cm³/mol. The van der Waals surface area contributed by atoms with Crippen LogP contribution in [0.1, 0.15) is 12.5 Å². The van der Waals surface area contributed by atoms with Crippen LogP contribution in [0.25, 0.3) is 0 Å². The molecule has 0 saturated carbocycles. The molecule has 0 aliphatic rings. The van der Waals surface area contributed by atoms with Gasteiger partial charge in [-0.15, -0.1) is 12.4 Å². The first-order chi connectivity index (χ1) is 12.3. The fourth-order valence-electron chi connectivity index (χ4n) is 2.45. The number of halogens is 1. The molecule has 0 radical (unpaired) electrons.